The number of amides is 2. The molecule has 0 radical (unpaired) electrons. The second-order valence-electron chi connectivity index (χ2n) is 5.88. The highest BCUT2D eigenvalue weighted by Gasteiger charge is 2.34. The number of ether oxygens (including phenoxy) is 1. The number of hydrogen-bond acceptors (Lipinski definition) is 4. The number of pyridine rings is 1. The number of likely N-dealkylation sites (tertiary alicyclic amines) is 1. The zero-order valence-corrected chi connectivity index (χ0v) is 14.5. The van der Waals surface area contributed by atoms with Crippen molar-refractivity contribution in [3.63, 3.8) is 0 Å². The number of rotatable bonds is 5. The van der Waals surface area contributed by atoms with Crippen LogP contribution >= 0.6 is 11.6 Å². The van der Waals surface area contributed by atoms with E-state index in [2.05, 4.69) is 10.3 Å². The fraction of sp³-hybridized carbons (Fsp3) is 0.278. The molecule has 1 aromatic carbocycles. The summed E-state index contributed by atoms with van der Waals surface area (Å²) in [5.41, 5.74) is 1.52. The van der Waals surface area contributed by atoms with E-state index < -0.39 is 0 Å². The van der Waals surface area contributed by atoms with Crippen LogP contribution in [-0.2, 0) is 16.1 Å². The van der Waals surface area contributed by atoms with Gasteiger partial charge in [0.2, 0.25) is 11.8 Å². The number of methoxy groups -OCH3 is 1. The molecule has 1 aliphatic rings. The molecule has 0 aliphatic carbocycles. The van der Waals surface area contributed by atoms with Gasteiger partial charge in [0, 0.05) is 37.6 Å². The van der Waals surface area contributed by atoms with E-state index in [0.29, 0.717) is 29.5 Å². The third-order valence-electron chi connectivity index (χ3n) is 4.10. The first-order chi connectivity index (χ1) is 12.1. The molecule has 0 saturated carbocycles. The molecule has 130 valence electrons. The zero-order valence-electron chi connectivity index (χ0n) is 13.7. The first kappa shape index (κ1) is 17.2. The number of halogens is 1. The maximum Gasteiger partial charge on any atom is 0.229 e. The SMILES string of the molecule is COc1ccc(NC(=O)C2CC(=O)N(Cc3cccnc3)C2)cc1Cl. The van der Waals surface area contributed by atoms with Gasteiger partial charge in [-0.2, -0.15) is 0 Å². The summed E-state index contributed by atoms with van der Waals surface area (Å²) in [6.07, 6.45) is 3.61. The lowest BCUT2D eigenvalue weighted by Gasteiger charge is -2.16. The van der Waals surface area contributed by atoms with Crippen LogP contribution in [0.25, 0.3) is 0 Å². The predicted octanol–water partition coefficient (Wildman–Crippen LogP) is 2.73. The topological polar surface area (TPSA) is 71.5 Å². The highest BCUT2D eigenvalue weighted by atomic mass is 35.5. The minimum atomic E-state index is -0.384. The van der Waals surface area contributed by atoms with Gasteiger partial charge in [0.05, 0.1) is 18.1 Å². The summed E-state index contributed by atoms with van der Waals surface area (Å²) in [7, 11) is 1.53. The lowest BCUT2D eigenvalue weighted by molar-refractivity contribution is -0.128. The molecule has 1 atom stereocenters. The summed E-state index contributed by atoms with van der Waals surface area (Å²) in [6.45, 7) is 0.855. The minimum absolute atomic E-state index is 0.0308. The molecule has 1 unspecified atom stereocenters. The third kappa shape index (κ3) is 4.09. The van der Waals surface area contributed by atoms with Crippen LogP contribution in [-0.4, -0.2) is 35.4 Å². The van der Waals surface area contributed by atoms with Crippen LogP contribution in [0.4, 0.5) is 5.69 Å². The lowest BCUT2D eigenvalue weighted by atomic mass is 10.1. The lowest BCUT2D eigenvalue weighted by Crippen LogP contribution is -2.28. The zero-order chi connectivity index (χ0) is 17.8. The van der Waals surface area contributed by atoms with Crippen molar-refractivity contribution in [2.75, 3.05) is 19.0 Å². The van der Waals surface area contributed by atoms with E-state index in [1.165, 1.54) is 7.11 Å². The summed E-state index contributed by atoms with van der Waals surface area (Å²) in [4.78, 5) is 30.3. The number of aromatic nitrogens is 1. The Bertz CT molecular complexity index is 782. The number of anilines is 1. The molecule has 25 heavy (non-hydrogen) atoms. The summed E-state index contributed by atoms with van der Waals surface area (Å²) in [5, 5.41) is 3.23. The van der Waals surface area contributed by atoms with Gasteiger partial charge in [-0.3, -0.25) is 14.6 Å². The van der Waals surface area contributed by atoms with Crippen LogP contribution < -0.4 is 10.1 Å². The largest absolute Gasteiger partial charge is 0.495 e. The van der Waals surface area contributed by atoms with E-state index in [4.69, 9.17) is 16.3 Å². The Labute approximate surface area is 150 Å². The van der Waals surface area contributed by atoms with Crippen LogP contribution in [0.15, 0.2) is 42.7 Å². The van der Waals surface area contributed by atoms with Gasteiger partial charge in [0.1, 0.15) is 5.75 Å². The van der Waals surface area contributed by atoms with Crippen LogP contribution in [0.3, 0.4) is 0 Å². The van der Waals surface area contributed by atoms with Gasteiger partial charge in [-0.1, -0.05) is 17.7 Å². The van der Waals surface area contributed by atoms with E-state index in [1.807, 2.05) is 12.1 Å². The second kappa shape index (κ2) is 7.53. The molecule has 1 fully saturated rings. The highest BCUT2D eigenvalue weighted by molar-refractivity contribution is 6.32. The van der Waals surface area contributed by atoms with Crippen molar-refractivity contribution in [2.24, 2.45) is 5.92 Å². The van der Waals surface area contributed by atoms with Crippen LogP contribution in [0.1, 0.15) is 12.0 Å². The van der Waals surface area contributed by atoms with Gasteiger partial charge < -0.3 is 15.0 Å². The van der Waals surface area contributed by atoms with Gasteiger partial charge in [-0.15, -0.1) is 0 Å². The van der Waals surface area contributed by atoms with Gasteiger partial charge >= 0.3 is 0 Å². The van der Waals surface area contributed by atoms with Crippen molar-refractivity contribution in [3.05, 3.63) is 53.3 Å². The Hall–Kier alpha value is -2.60. The molecule has 1 aromatic heterocycles. The molecule has 0 spiro atoms. The molecular weight excluding hydrogens is 342 g/mol. The van der Waals surface area contributed by atoms with E-state index in [-0.39, 0.29) is 24.2 Å². The van der Waals surface area contributed by atoms with E-state index in [0.717, 1.165) is 5.56 Å². The average Bonchev–Trinajstić information content (AvgIpc) is 2.97. The number of carbonyl (C=O) groups excluding carboxylic acids is 2. The molecule has 1 aliphatic heterocycles. The number of carbonyl (C=O) groups is 2. The molecule has 6 nitrogen and oxygen atoms in total. The maximum absolute atomic E-state index is 12.4. The van der Waals surface area contributed by atoms with Crippen LogP contribution in [0, 0.1) is 5.92 Å². The van der Waals surface area contributed by atoms with Crippen molar-refractivity contribution in [1.29, 1.82) is 0 Å². The second-order valence-corrected chi connectivity index (χ2v) is 6.28. The number of nitrogens with one attached hydrogen (secondary N) is 1. The van der Waals surface area contributed by atoms with Gasteiger partial charge in [-0.05, 0) is 29.8 Å². The number of nitrogens with zero attached hydrogens (tertiary/aromatic N) is 2. The normalized spacial score (nSPS) is 16.8. The first-order valence-corrected chi connectivity index (χ1v) is 8.25. The summed E-state index contributed by atoms with van der Waals surface area (Å²) < 4.78 is 5.09. The minimum Gasteiger partial charge on any atom is -0.495 e. The maximum atomic E-state index is 12.4. The van der Waals surface area contributed by atoms with Crippen molar-refractivity contribution < 1.29 is 14.3 Å². The monoisotopic (exact) mass is 359 g/mol. The molecule has 7 heteroatoms. The Morgan fingerprint density at radius 2 is 2.28 bits per heavy atom. The first-order valence-electron chi connectivity index (χ1n) is 7.88. The molecule has 1 saturated heterocycles. The summed E-state index contributed by atoms with van der Waals surface area (Å²) in [5.74, 6) is -0.0663. The predicted molar refractivity (Wildman–Crippen MR) is 94.4 cm³/mol. The average molecular weight is 360 g/mol. The van der Waals surface area contributed by atoms with E-state index >= 15 is 0 Å². The van der Waals surface area contributed by atoms with E-state index in [1.54, 1.807) is 35.5 Å². The Kier molecular flexibility index (Phi) is 5.19. The van der Waals surface area contributed by atoms with Crippen molar-refractivity contribution >= 4 is 29.1 Å². The fourth-order valence-electron chi connectivity index (χ4n) is 2.80. The molecule has 2 aromatic rings. The van der Waals surface area contributed by atoms with Crippen molar-refractivity contribution in [2.45, 2.75) is 13.0 Å². The molecule has 0 bridgehead atoms. The molecular formula is C18H18ClN3O3. The Balaban J connectivity index is 1.61. The van der Waals surface area contributed by atoms with Crippen molar-refractivity contribution in [1.82, 2.24) is 9.88 Å². The third-order valence-corrected chi connectivity index (χ3v) is 4.40. The fourth-order valence-corrected chi connectivity index (χ4v) is 3.06. The van der Waals surface area contributed by atoms with Gasteiger partial charge in [-0.25, -0.2) is 0 Å². The van der Waals surface area contributed by atoms with Crippen molar-refractivity contribution in [3.8, 4) is 5.75 Å². The molecule has 2 amide bonds. The quantitative estimate of drug-likeness (QED) is 0.891. The highest BCUT2D eigenvalue weighted by Crippen LogP contribution is 2.28. The summed E-state index contributed by atoms with van der Waals surface area (Å²) in [6, 6.07) is 8.77. The molecule has 1 N–H and O–H groups in total. The smallest absolute Gasteiger partial charge is 0.229 e. The van der Waals surface area contributed by atoms with Crippen LogP contribution in [0.5, 0.6) is 5.75 Å². The standard InChI is InChI=1S/C18H18ClN3O3/c1-25-16-5-4-14(8-15(16)19)21-18(24)13-7-17(23)22(11-13)10-12-3-2-6-20-9-12/h2-6,8-9,13H,7,10-11H2,1H3,(H,21,24). The van der Waals surface area contributed by atoms with Crippen LogP contribution in [0.2, 0.25) is 5.02 Å². The number of hydrogen-bond donors (Lipinski definition) is 1. The molecule has 3 rings (SSSR count). The molecule has 2 heterocycles. The summed E-state index contributed by atoms with van der Waals surface area (Å²) >= 11 is 6.06. The van der Waals surface area contributed by atoms with Gasteiger partial charge in [0.25, 0.3) is 0 Å². The van der Waals surface area contributed by atoms with Gasteiger partial charge in [0.15, 0.2) is 0 Å². The Morgan fingerprint density at radius 3 is 2.96 bits per heavy atom. The van der Waals surface area contributed by atoms with E-state index in [9.17, 15) is 9.59 Å². The number of benzene rings is 1. The Morgan fingerprint density at radius 1 is 1.44 bits per heavy atom.